The third-order valence-corrected chi connectivity index (χ3v) is 5.77. The van der Waals surface area contributed by atoms with E-state index in [4.69, 9.17) is 0 Å². The molecule has 3 heterocycles. The van der Waals surface area contributed by atoms with Crippen molar-refractivity contribution >= 4 is 11.8 Å². The molecule has 0 atom stereocenters. The number of aromatic amines is 1. The molecule has 1 aromatic carbocycles. The first-order valence-electron chi connectivity index (χ1n) is 10.3. The summed E-state index contributed by atoms with van der Waals surface area (Å²) in [7, 11) is 0. The van der Waals surface area contributed by atoms with Gasteiger partial charge in [-0.15, -0.1) is 0 Å². The molecular formula is C22H24N6O2. The summed E-state index contributed by atoms with van der Waals surface area (Å²) in [5, 5.41) is 10.0. The number of H-pyrrole nitrogens is 1. The Kier molecular flexibility index (Phi) is 4.61. The minimum Gasteiger partial charge on any atom is -0.346 e. The summed E-state index contributed by atoms with van der Waals surface area (Å²) >= 11 is 0. The second-order valence-electron chi connectivity index (χ2n) is 8.16. The van der Waals surface area contributed by atoms with E-state index in [2.05, 4.69) is 20.5 Å². The van der Waals surface area contributed by atoms with Crippen LogP contribution >= 0.6 is 0 Å². The van der Waals surface area contributed by atoms with Crippen LogP contribution in [0.15, 0.2) is 36.7 Å². The van der Waals surface area contributed by atoms with E-state index in [-0.39, 0.29) is 17.5 Å². The molecule has 0 radical (unpaired) electrons. The summed E-state index contributed by atoms with van der Waals surface area (Å²) in [6.45, 7) is 4.51. The highest BCUT2D eigenvalue weighted by molar-refractivity contribution is 5.96. The third-order valence-electron chi connectivity index (χ3n) is 5.77. The molecule has 1 aliphatic heterocycles. The maximum Gasteiger partial charge on any atom is 0.289 e. The van der Waals surface area contributed by atoms with Gasteiger partial charge in [0.05, 0.1) is 11.9 Å². The van der Waals surface area contributed by atoms with Crippen LogP contribution in [-0.4, -0.2) is 49.6 Å². The second kappa shape index (κ2) is 7.44. The molecule has 30 heavy (non-hydrogen) atoms. The van der Waals surface area contributed by atoms with Crippen molar-refractivity contribution in [2.75, 3.05) is 13.1 Å². The van der Waals surface area contributed by atoms with Crippen LogP contribution in [0.4, 0.5) is 0 Å². The van der Waals surface area contributed by atoms with Crippen LogP contribution in [0.25, 0.3) is 11.3 Å². The molecule has 2 amide bonds. The van der Waals surface area contributed by atoms with Crippen molar-refractivity contribution in [1.82, 2.24) is 30.0 Å². The average Bonchev–Trinajstić information content (AvgIpc) is 3.25. The summed E-state index contributed by atoms with van der Waals surface area (Å²) in [6, 6.07) is 8.13. The first-order chi connectivity index (χ1) is 14.6. The number of carbonyl (C=O) groups is 2. The van der Waals surface area contributed by atoms with Gasteiger partial charge in [0.25, 0.3) is 11.8 Å². The molecule has 2 aliphatic rings. The highest BCUT2D eigenvalue weighted by Crippen LogP contribution is 2.30. The zero-order chi connectivity index (χ0) is 20.7. The Bertz CT molecular complexity index is 1090. The second-order valence-corrected chi connectivity index (χ2v) is 8.16. The van der Waals surface area contributed by atoms with Crippen molar-refractivity contribution in [3.8, 4) is 11.3 Å². The van der Waals surface area contributed by atoms with Gasteiger partial charge in [-0.3, -0.25) is 14.7 Å². The molecule has 0 bridgehead atoms. The number of nitrogens with zero attached hydrogens (tertiary/aromatic N) is 4. The molecule has 1 fully saturated rings. The molecule has 0 saturated heterocycles. The van der Waals surface area contributed by atoms with Gasteiger partial charge in [-0.25, -0.2) is 4.98 Å². The molecule has 0 unspecified atom stereocenters. The van der Waals surface area contributed by atoms with Gasteiger partial charge >= 0.3 is 0 Å². The Morgan fingerprint density at radius 2 is 2.03 bits per heavy atom. The van der Waals surface area contributed by atoms with Gasteiger partial charge in [-0.1, -0.05) is 29.8 Å². The monoisotopic (exact) mass is 404 g/mol. The van der Waals surface area contributed by atoms with Crippen LogP contribution in [0.3, 0.4) is 0 Å². The van der Waals surface area contributed by atoms with Gasteiger partial charge in [0, 0.05) is 37.9 Å². The van der Waals surface area contributed by atoms with Crippen molar-refractivity contribution < 1.29 is 9.59 Å². The van der Waals surface area contributed by atoms with E-state index in [1.807, 2.05) is 36.1 Å². The Balaban J connectivity index is 1.27. The van der Waals surface area contributed by atoms with Gasteiger partial charge in [0.1, 0.15) is 5.69 Å². The van der Waals surface area contributed by atoms with Crippen LogP contribution < -0.4 is 5.32 Å². The number of benzene rings is 1. The lowest BCUT2D eigenvalue weighted by Gasteiger charge is -2.27. The molecular weight excluding hydrogens is 380 g/mol. The standard InChI is InChI=1S/C22H24N6O2/c1-14-2-6-16(7-3-14)19-17(11-24-26-19)10-23-21(29)18-13-27-8-9-28(12-15-4-5-15)22(30)20(27)25-18/h2-3,6-7,11,13,15H,4-5,8-10,12H2,1H3,(H,23,29)(H,24,26). The van der Waals surface area contributed by atoms with Crippen LogP contribution in [0.5, 0.6) is 0 Å². The SMILES string of the molecule is Cc1ccc(-c2[nH]ncc2CNC(=O)c2cn3c(n2)C(=O)N(CC2CC2)CC3)cc1. The predicted octanol–water partition coefficient (Wildman–Crippen LogP) is 2.38. The number of fused-ring (bicyclic) bond motifs is 1. The molecule has 8 nitrogen and oxygen atoms in total. The van der Waals surface area contributed by atoms with E-state index in [1.165, 1.54) is 18.4 Å². The van der Waals surface area contributed by atoms with Gasteiger partial charge in [0.2, 0.25) is 0 Å². The Labute approximate surface area is 174 Å². The number of nitrogens with one attached hydrogen (secondary N) is 2. The van der Waals surface area contributed by atoms with E-state index >= 15 is 0 Å². The predicted molar refractivity (Wildman–Crippen MR) is 111 cm³/mol. The summed E-state index contributed by atoms with van der Waals surface area (Å²) in [6.07, 6.45) is 5.79. The number of hydrogen-bond donors (Lipinski definition) is 2. The lowest BCUT2D eigenvalue weighted by molar-refractivity contribution is 0.0688. The Hall–Kier alpha value is -3.42. The Morgan fingerprint density at radius 3 is 2.80 bits per heavy atom. The molecule has 2 N–H and O–H groups in total. The molecule has 5 rings (SSSR count). The number of aromatic nitrogens is 4. The van der Waals surface area contributed by atoms with Crippen molar-refractivity contribution in [1.29, 1.82) is 0 Å². The number of rotatable bonds is 6. The molecule has 2 aromatic heterocycles. The smallest absolute Gasteiger partial charge is 0.289 e. The minimum absolute atomic E-state index is 0.0799. The van der Waals surface area contributed by atoms with Gasteiger partial charge in [-0.05, 0) is 31.2 Å². The normalized spacial score (nSPS) is 15.9. The maximum atomic E-state index is 12.7. The van der Waals surface area contributed by atoms with E-state index in [0.29, 0.717) is 31.4 Å². The number of carbonyl (C=O) groups excluding carboxylic acids is 2. The van der Waals surface area contributed by atoms with Crippen LogP contribution in [-0.2, 0) is 13.1 Å². The molecule has 3 aromatic rings. The lowest BCUT2D eigenvalue weighted by Crippen LogP contribution is -2.41. The fourth-order valence-electron chi connectivity index (χ4n) is 3.81. The van der Waals surface area contributed by atoms with Crippen molar-refractivity contribution in [3.05, 3.63) is 59.3 Å². The highest BCUT2D eigenvalue weighted by Gasteiger charge is 2.32. The fraction of sp³-hybridized carbons (Fsp3) is 0.364. The summed E-state index contributed by atoms with van der Waals surface area (Å²) < 4.78 is 1.79. The third kappa shape index (κ3) is 3.60. The minimum atomic E-state index is -0.297. The zero-order valence-corrected chi connectivity index (χ0v) is 16.9. The van der Waals surface area contributed by atoms with Gasteiger partial charge in [0.15, 0.2) is 5.82 Å². The Morgan fingerprint density at radius 1 is 1.23 bits per heavy atom. The van der Waals surface area contributed by atoms with Crippen LogP contribution in [0.2, 0.25) is 0 Å². The molecule has 1 aliphatic carbocycles. The van der Waals surface area contributed by atoms with Gasteiger partial charge in [-0.2, -0.15) is 5.10 Å². The average molecular weight is 404 g/mol. The van der Waals surface area contributed by atoms with E-state index in [0.717, 1.165) is 23.4 Å². The first-order valence-corrected chi connectivity index (χ1v) is 10.3. The maximum absolute atomic E-state index is 12.7. The largest absolute Gasteiger partial charge is 0.346 e. The van der Waals surface area contributed by atoms with Crippen molar-refractivity contribution in [3.63, 3.8) is 0 Å². The first kappa shape index (κ1) is 18.6. The van der Waals surface area contributed by atoms with Crippen LogP contribution in [0, 0.1) is 12.8 Å². The zero-order valence-electron chi connectivity index (χ0n) is 16.9. The van der Waals surface area contributed by atoms with Crippen LogP contribution in [0.1, 0.15) is 45.1 Å². The van der Waals surface area contributed by atoms with Gasteiger partial charge < -0.3 is 14.8 Å². The summed E-state index contributed by atoms with van der Waals surface area (Å²) in [5.41, 5.74) is 4.24. The molecule has 0 spiro atoms. The van der Waals surface area contributed by atoms with E-state index in [1.54, 1.807) is 17.0 Å². The topological polar surface area (TPSA) is 95.9 Å². The number of imidazole rings is 1. The summed E-state index contributed by atoms with van der Waals surface area (Å²) in [5.74, 6) is 0.616. The van der Waals surface area contributed by atoms with Crippen molar-refractivity contribution in [2.24, 2.45) is 5.92 Å². The number of hydrogen-bond acceptors (Lipinski definition) is 4. The quantitative estimate of drug-likeness (QED) is 0.659. The van der Waals surface area contributed by atoms with E-state index < -0.39 is 0 Å². The molecule has 8 heteroatoms. The molecule has 154 valence electrons. The summed E-state index contributed by atoms with van der Waals surface area (Å²) in [4.78, 5) is 31.6. The molecule has 1 saturated carbocycles. The fourth-order valence-corrected chi connectivity index (χ4v) is 3.81. The number of aryl methyl sites for hydroxylation is 1. The lowest BCUT2D eigenvalue weighted by atomic mass is 10.1. The van der Waals surface area contributed by atoms with E-state index in [9.17, 15) is 9.59 Å². The highest BCUT2D eigenvalue weighted by atomic mass is 16.2. The van der Waals surface area contributed by atoms with Crippen molar-refractivity contribution in [2.45, 2.75) is 32.9 Å². The number of amides is 2.